The first-order valence-electron chi connectivity index (χ1n) is 7.92. The van der Waals surface area contributed by atoms with E-state index in [0.717, 1.165) is 58.5 Å². The average Bonchev–Trinajstić information content (AvgIpc) is 3.35. The highest BCUT2D eigenvalue weighted by Crippen LogP contribution is 2.30. The molecule has 3 rings (SSSR count). The number of hydrogen-bond acceptors (Lipinski definition) is 4. The SMILES string of the molecule is O=C(Oc1ccc(CCCN2CCOCC2)cc1)C1CC1. The number of carbonyl (C=O) groups excluding carboxylic acids is 1. The van der Waals surface area contributed by atoms with Gasteiger partial charge in [0.15, 0.2) is 0 Å². The fourth-order valence-electron chi connectivity index (χ4n) is 2.57. The second kappa shape index (κ2) is 7.05. The van der Waals surface area contributed by atoms with E-state index in [9.17, 15) is 4.79 Å². The molecule has 0 aromatic heterocycles. The molecule has 4 heteroatoms. The van der Waals surface area contributed by atoms with Crippen LogP contribution in [-0.4, -0.2) is 43.7 Å². The van der Waals surface area contributed by atoms with E-state index in [0.29, 0.717) is 5.75 Å². The van der Waals surface area contributed by atoms with E-state index in [-0.39, 0.29) is 11.9 Å². The predicted molar refractivity (Wildman–Crippen MR) is 80.4 cm³/mol. The number of benzene rings is 1. The van der Waals surface area contributed by atoms with Crippen molar-refractivity contribution in [3.63, 3.8) is 0 Å². The van der Waals surface area contributed by atoms with Gasteiger partial charge in [-0.15, -0.1) is 0 Å². The number of hydrogen-bond donors (Lipinski definition) is 0. The number of esters is 1. The van der Waals surface area contributed by atoms with Gasteiger partial charge >= 0.3 is 5.97 Å². The largest absolute Gasteiger partial charge is 0.426 e. The van der Waals surface area contributed by atoms with Gasteiger partial charge in [-0.25, -0.2) is 0 Å². The molecule has 0 unspecified atom stereocenters. The number of morpholine rings is 1. The Balaban J connectivity index is 1.40. The molecule has 114 valence electrons. The second-order valence-corrected chi connectivity index (χ2v) is 5.90. The molecule has 1 aliphatic heterocycles. The molecule has 0 bridgehead atoms. The molecule has 2 aliphatic rings. The van der Waals surface area contributed by atoms with E-state index < -0.39 is 0 Å². The average molecular weight is 289 g/mol. The second-order valence-electron chi connectivity index (χ2n) is 5.90. The van der Waals surface area contributed by atoms with Crippen LogP contribution < -0.4 is 4.74 Å². The van der Waals surface area contributed by atoms with Crippen molar-refractivity contribution in [2.45, 2.75) is 25.7 Å². The van der Waals surface area contributed by atoms with Crippen LogP contribution in [0.2, 0.25) is 0 Å². The Hall–Kier alpha value is -1.39. The van der Waals surface area contributed by atoms with Crippen molar-refractivity contribution >= 4 is 5.97 Å². The molecular weight excluding hydrogens is 266 g/mol. The summed E-state index contributed by atoms with van der Waals surface area (Å²) in [6.07, 6.45) is 4.19. The maximum atomic E-state index is 11.6. The summed E-state index contributed by atoms with van der Waals surface area (Å²) in [4.78, 5) is 14.0. The van der Waals surface area contributed by atoms with Crippen LogP contribution in [0.3, 0.4) is 0 Å². The molecule has 1 heterocycles. The van der Waals surface area contributed by atoms with Gasteiger partial charge in [0.25, 0.3) is 0 Å². The topological polar surface area (TPSA) is 38.8 Å². The molecule has 1 aromatic carbocycles. The fourth-order valence-corrected chi connectivity index (χ4v) is 2.57. The van der Waals surface area contributed by atoms with Gasteiger partial charge in [0.2, 0.25) is 0 Å². The number of nitrogens with zero attached hydrogens (tertiary/aromatic N) is 1. The molecule has 2 fully saturated rings. The minimum absolute atomic E-state index is 0.0740. The molecular formula is C17H23NO3. The van der Waals surface area contributed by atoms with Gasteiger partial charge in [-0.3, -0.25) is 9.69 Å². The van der Waals surface area contributed by atoms with E-state index in [1.807, 2.05) is 12.1 Å². The Kier molecular flexibility index (Phi) is 4.88. The van der Waals surface area contributed by atoms with Crippen LogP contribution in [0.15, 0.2) is 24.3 Å². The maximum Gasteiger partial charge on any atom is 0.314 e. The summed E-state index contributed by atoms with van der Waals surface area (Å²) in [7, 11) is 0. The Bertz CT molecular complexity index is 461. The number of aryl methyl sites for hydroxylation is 1. The van der Waals surface area contributed by atoms with Gasteiger partial charge in [-0.2, -0.15) is 0 Å². The standard InChI is InChI=1S/C17H23NO3/c19-17(15-5-6-15)21-16-7-3-14(4-8-16)2-1-9-18-10-12-20-13-11-18/h3-4,7-8,15H,1-2,5-6,9-13H2. The highest BCUT2D eigenvalue weighted by molar-refractivity contribution is 5.77. The third-order valence-electron chi connectivity index (χ3n) is 4.10. The molecule has 1 saturated heterocycles. The third-order valence-corrected chi connectivity index (χ3v) is 4.10. The van der Waals surface area contributed by atoms with Crippen molar-refractivity contribution in [1.82, 2.24) is 4.90 Å². The smallest absolute Gasteiger partial charge is 0.314 e. The molecule has 21 heavy (non-hydrogen) atoms. The van der Waals surface area contributed by atoms with Crippen molar-refractivity contribution in [2.24, 2.45) is 5.92 Å². The summed E-state index contributed by atoms with van der Waals surface area (Å²) >= 11 is 0. The van der Waals surface area contributed by atoms with Crippen LogP contribution >= 0.6 is 0 Å². The number of rotatable bonds is 6. The van der Waals surface area contributed by atoms with Crippen LogP contribution in [0, 0.1) is 5.92 Å². The van der Waals surface area contributed by atoms with Crippen molar-refractivity contribution in [3.8, 4) is 5.75 Å². The lowest BCUT2D eigenvalue weighted by Gasteiger charge is -2.26. The van der Waals surface area contributed by atoms with Crippen molar-refractivity contribution in [2.75, 3.05) is 32.8 Å². The lowest BCUT2D eigenvalue weighted by Crippen LogP contribution is -2.36. The molecule has 0 atom stereocenters. The van der Waals surface area contributed by atoms with E-state index >= 15 is 0 Å². The Morgan fingerprint density at radius 3 is 2.57 bits per heavy atom. The van der Waals surface area contributed by atoms with Gasteiger partial charge in [0, 0.05) is 13.1 Å². The number of ether oxygens (including phenoxy) is 2. The lowest BCUT2D eigenvalue weighted by atomic mass is 10.1. The first-order valence-corrected chi connectivity index (χ1v) is 7.92. The maximum absolute atomic E-state index is 11.6. The molecule has 1 aliphatic carbocycles. The molecule has 4 nitrogen and oxygen atoms in total. The van der Waals surface area contributed by atoms with Gasteiger partial charge in [-0.1, -0.05) is 12.1 Å². The van der Waals surface area contributed by atoms with Crippen LogP contribution in [0.1, 0.15) is 24.8 Å². The van der Waals surface area contributed by atoms with E-state index in [1.54, 1.807) is 0 Å². The quantitative estimate of drug-likeness (QED) is 0.595. The Morgan fingerprint density at radius 2 is 1.90 bits per heavy atom. The molecule has 1 saturated carbocycles. The monoisotopic (exact) mass is 289 g/mol. The van der Waals surface area contributed by atoms with Crippen molar-refractivity contribution in [3.05, 3.63) is 29.8 Å². The fraction of sp³-hybridized carbons (Fsp3) is 0.588. The van der Waals surface area contributed by atoms with Crippen LogP contribution in [0.5, 0.6) is 5.75 Å². The van der Waals surface area contributed by atoms with Crippen molar-refractivity contribution in [1.29, 1.82) is 0 Å². The minimum atomic E-state index is -0.0740. The zero-order chi connectivity index (χ0) is 14.5. The molecule has 0 spiro atoms. The Labute approximate surface area is 126 Å². The Morgan fingerprint density at radius 1 is 1.19 bits per heavy atom. The van der Waals surface area contributed by atoms with Crippen LogP contribution in [0.4, 0.5) is 0 Å². The summed E-state index contributed by atoms with van der Waals surface area (Å²) in [5, 5.41) is 0. The minimum Gasteiger partial charge on any atom is -0.426 e. The van der Waals surface area contributed by atoms with E-state index in [1.165, 1.54) is 5.56 Å². The zero-order valence-corrected chi connectivity index (χ0v) is 12.4. The zero-order valence-electron chi connectivity index (χ0n) is 12.4. The summed E-state index contributed by atoms with van der Waals surface area (Å²) in [5.74, 6) is 0.747. The lowest BCUT2D eigenvalue weighted by molar-refractivity contribution is -0.135. The van der Waals surface area contributed by atoms with Gasteiger partial charge in [-0.05, 0) is 49.9 Å². The van der Waals surface area contributed by atoms with Gasteiger partial charge in [0.1, 0.15) is 5.75 Å². The predicted octanol–water partition coefficient (Wildman–Crippen LogP) is 2.27. The van der Waals surface area contributed by atoms with Gasteiger partial charge in [0.05, 0.1) is 19.1 Å². The third kappa shape index (κ3) is 4.55. The first kappa shape index (κ1) is 14.5. The normalized spacial score (nSPS) is 19.4. The van der Waals surface area contributed by atoms with Crippen LogP contribution in [0.25, 0.3) is 0 Å². The molecule has 0 amide bonds. The summed E-state index contributed by atoms with van der Waals surface area (Å²) in [5.41, 5.74) is 1.30. The summed E-state index contributed by atoms with van der Waals surface area (Å²) in [6, 6.07) is 7.94. The highest BCUT2D eigenvalue weighted by Gasteiger charge is 2.31. The van der Waals surface area contributed by atoms with Crippen LogP contribution in [-0.2, 0) is 16.0 Å². The van der Waals surface area contributed by atoms with E-state index in [4.69, 9.17) is 9.47 Å². The summed E-state index contributed by atoms with van der Waals surface area (Å²) < 4.78 is 10.7. The van der Waals surface area contributed by atoms with Gasteiger partial charge < -0.3 is 9.47 Å². The molecule has 0 radical (unpaired) electrons. The number of carbonyl (C=O) groups is 1. The molecule has 0 N–H and O–H groups in total. The first-order chi connectivity index (χ1) is 10.3. The molecule has 1 aromatic rings. The highest BCUT2D eigenvalue weighted by atomic mass is 16.5. The summed E-state index contributed by atoms with van der Waals surface area (Å²) in [6.45, 7) is 4.95. The van der Waals surface area contributed by atoms with E-state index in [2.05, 4.69) is 17.0 Å². The van der Waals surface area contributed by atoms with Crippen molar-refractivity contribution < 1.29 is 14.3 Å².